The van der Waals surface area contributed by atoms with Gasteiger partial charge in [0, 0.05) is 39.0 Å². The fourth-order valence-electron chi connectivity index (χ4n) is 5.19. The summed E-state index contributed by atoms with van der Waals surface area (Å²) in [4.78, 5) is 28.6. The van der Waals surface area contributed by atoms with E-state index in [1.165, 1.54) is 30.3 Å². The fraction of sp³-hybridized carbons (Fsp3) is 0.565. The second kappa shape index (κ2) is 9.72. The number of aliphatic hydroxyl groups excluding tert-OH is 1. The van der Waals surface area contributed by atoms with Crippen LogP contribution < -0.4 is 11.3 Å². The van der Waals surface area contributed by atoms with Crippen molar-refractivity contribution < 1.29 is 36.6 Å². The second-order valence-electron chi connectivity index (χ2n) is 9.40. The molecule has 0 bridgehead atoms. The molecule has 14 heteroatoms. The molecule has 1 aliphatic carbocycles. The Morgan fingerprint density at radius 1 is 1.35 bits per heavy atom. The van der Waals surface area contributed by atoms with E-state index in [1.54, 1.807) is 0 Å². The van der Waals surface area contributed by atoms with Gasteiger partial charge < -0.3 is 20.6 Å². The highest BCUT2D eigenvalue weighted by atomic mass is 19.4. The predicted octanol–water partition coefficient (Wildman–Crippen LogP) is 1.99. The van der Waals surface area contributed by atoms with E-state index in [4.69, 9.17) is 10.5 Å². The third-order valence-electron chi connectivity index (χ3n) is 7.14. The van der Waals surface area contributed by atoms with Crippen molar-refractivity contribution in [2.45, 2.75) is 55.0 Å². The number of ether oxygens (including phenoxy) is 1. The first kappa shape index (κ1) is 27.1. The van der Waals surface area contributed by atoms with E-state index in [9.17, 15) is 27.9 Å². The molecule has 2 aliphatic rings. The van der Waals surface area contributed by atoms with Crippen LogP contribution in [0.4, 0.5) is 22.0 Å². The average Bonchev–Trinajstić information content (AvgIpc) is 3.67. The Kier molecular flexibility index (Phi) is 7.12. The molecule has 4 atom stereocenters. The van der Waals surface area contributed by atoms with Crippen LogP contribution in [-0.4, -0.2) is 69.5 Å². The molecule has 1 aliphatic heterocycles. The van der Waals surface area contributed by atoms with Gasteiger partial charge in [-0.1, -0.05) is 0 Å². The summed E-state index contributed by atoms with van der Waals surface area (Å²) in [6, 6.07) is 3.64. The number of likely N-dealkylation sites (tertiary alicyclic amines) is 1. The van der Waals surface area contributed by atoms with Gasteiger partial charge in [-0.05, 0) is 42.5 Å². The molecule has 3 heterocycles. The quantitative estimate of drug-likeness (QED) is 0.444. The highest BCUT2D eigenvalue weighted by molar-refractivity contribution is 5.86. The molecule has 2 unspecified atom stereocenters. The second-order valence-corrected chi connectivity index (χ2v) is 9.40. The molecule has 9 nitrogen and oxygen atoms in total. The van der Waals surface area contributed by atoms with Crippen molar-refractivity contribution in [1.82, 2.24) is 20.1 Å². The van der Waals surface area contributed by atoms with E-state index in [2.05, 4.69) is 10.2 Å². The maximum atomic E-state index is 15.3. The van der Waals surface area contributed by atoms with Crippen LogP contribution in [0.1, 0.15) is 48.1 Å². The molecule has 202 valence electrons. The number of aromatic nitrogens is 3. The highest BCUT2D eigenvalue weighted by Gasteiger charge is 2.60. The van der Waals surface area contributed by atoms with E-state index in [-0.39, 0.29) is 23.7 Å². The van der Waals surface area contributed by atoms with Crippen LogP contribution in [0.2, 0.25) is 0 Å². The molecule has 0 aromatic carbocycles. The third kappa shape index (κ3) is 4.84. The fourth-order valence-corrected chi connectivity index (χ4v) is 5.19. The van der Waals surface area contributed by atoms with Gasteiger partial charge in [-0.2, -0.15) is 23.4 Å². The minimum atomic E-state index is -5.18. The van der Waals surface area contributed by atoms with Gasteiger partial charge in [0.1, 0.15) is 0 Å². The van der Waals surface area contributed by atoms with E-state index < -0.39 is 65.8 Å². The number of H-pyrrole nitrogens is 1. The van der Waals surface area contributed by atoms with Crippen molar-refractivity contribution in [3.8, 4) is 0 Å². The van der Waals surface area contributed by atoms with Gasteiger partial charge in [-0.15, -0.1) is 0 Å². The molecule has 37 heavy (non-hydrogen) atoms. The number of piperidine rings is 1. The Morgan fingerprint density at radius 3 is 2.59 bits per heavy atom. The Hall–Kier alpha value is -2.97. The number of primary amides is 1. The van der Waals surface area contributed by atoms with Crippen molar-refractivity contribution >= 4 is 5.91 Å². The number of halogens is 5. The number of pyridine rings is 1. The number of amides is 1. The number of carbonyl (C=O) groups excluding carboxylic acids is 1. The lowest BCUT2D eigenvalue weighted by molar-refractivity contribution is -0.207. The van der Waals surface area contributed by atoms with Crippen molar-refractivity contribution in [3.05, 3.63) is 57.8 Å². The maximum absolute atomic E-state index is 15.3. The number of carbonyl (C=O) groups is 1. The average molecular weight is 531 g/mol. The lowest BCUT2D eigenvalue weighted by Crippen LogP contribution is -2.66. The minimum absolute atomic E-state index is 0.0971. The zero-order valence-electron chi connectivity index (χ0n) is 19.7. The van der Waals surface area contributed by atoms with Gasteiger partial charge in [0.05, 0.1) is 23.3 Å². The van der Waals surface area contributed by atoms with E-state index >= 15 is 8.78 Å². The molecule has 1 saturated heterocycles. The number of aliphatic hydroxyl groups is 1. The van der Waals surface area contributed by atoms with E-state index in [0.29, 0.717) is 18.9 Å². The molecule has 2 aromatic rings. The van der Waals surface area contributed by atoms with Gasteiger partial charge in [-0.25, -0.2) is 8.78 Å². The summed E-state index contributed by atoms with van der Waals surface area (Å²) in [5.74, 6) is -6.19. The minimum Gasteiger partial charge on any atom is -0.379 e. The third-order valence-corrected chi connectivity index (χ3v) is 7.14. The summed E-state index contributed by atoms with van der Waals surface area (Å²) >= 11 is 0. The van der Waals surface area contributed by atoms with Crippen molar-refractivity contribution in [3.63, 3.8) is 0 Å². The Bertz CT molecular complexity index is 1190. The topological polar surface area (TPSA) is 134 Å². The summed E-state index contributed by atoms with van der Waals surface area (Å²) in [6.45, 7) is -0.844. The largest absolute Gasteiger partial charge is 0.418 e. The first-order chi connectivity index (χ1) is 17.3. The van der Waals surface area contributed by atoms with E-state index in [0.717, 1.165) is 6.20 Å². The zero-order valence-corrected chi connectivity index (χ0v) is 19.7. The lowest BCUT2D eigenvalue weighted by Gasteiger charge is -2.50. The highest BCUT2D eigenvalue weighted by Crippen LogP contribution is 2.49. The Morgan fingerprint density at radius 2 is 2.05 bits per heavy atom. The number of methoxy groups -OCH3 is 1. The molecule has 2 fully saturated rings. The number of aromatic amines is 1. The number of nitrogens with one attached hydrogen (secondary N) is 1. The number of alkyl halides is 5. The van der Waals surface area contributed by atoms with Crippen molar-refractivity contribution in [2.24, 2.45) is 11.7 Å². The van der Waals surface area contributed by atoms with Gasteiger partial charge in [-0.3, -0.25) is 14.5 Å². The number of rotatable bonds is 8. The molecular weight excluding hydrogens is 505 g/mol. The Labute approximate surface area is 207 Å². The van der Waals surface area contributed by atoms with Gasteiger partial charge in [0.15, 0.2) is 11.6 Å². The standard InChI is InChI=1S/C23H26F5N5O4/c1-37-18(12-4-5-12)22(20(29)36,16-3-2-7-31-32-16)33-8-6-21(24,25)15(11-33)13-9-14(19(35)30-10-13)17(34)23(26,27)28/h2-3,7,9-10,12,15,17-18,34H,4-6,8,11H2,1H3,(H2,29,36)(H,30,35)/t15-,17-,18?,22?/m1/s1. The molecule has 1 amide bonds. The summed E-state index contributed by atoms with van der Waals surface area (Å²) in [6.07, 6.45) is -6.30. The summed E-state index contributed by atoms with van der Waals surface area (Å²) < 4.78 is 75.5. The van der Waals surface area contributed by atoms with Crippen LogP contribution in [0.5, 0.6) is 0 Å². The number of nitrogens with two attached hydrogens (primary N) is 1. The monoisotopic (exact) mass is 531 g/mol. The summed E-state index contributed by atoms with van der Waals surface area (Å²) in [5, 5.41) is 17.5. The maximum Gasteiger partial charge on any atom is 0.418 e. The molecule has 2 aromatic heterocycles. The number of nitrogens with zero attached hydrogens (tertiary/aromatic N) is 3. The summed E-state index contributed by atoms with van der Waals surface area (Å²) in [7, 11) is 1.37. The zero-order chi connectivity index (χ0) is 27.2. The molecule has 0 radical (unpaired) electrons. The predicted molar refractivity (Wildman–Crippen MR) is 118 cm³/mol. The Balaban J connectivity index is 1.82. The molecule has 0 spiro atoms. The summed E-state index contributed by atoms with van der Waals surface area (Å²) in [5.41, 5.74) is 1.53. The smallest absolute Gasteiger partial charge is 0.379 e. The lowest BCUT2D eigenvalue weighted by atomic mass is 9.78. The molecule has 4 rings (SSSR count). The molecule has 1 saturated carbocycles. The SMILES string of the molecule is COC(C1CC1)C(C(N)=O)(c1cccnn1)N1CCC(F)(F)[C@@H](c2c[nH]c(=O)c([C@@H](O)C(F)(F)F)c2)C1. The van der Waals surface area contributed by atoms with Crippen LogP contribution in [0, 0.1) is 5.92 Å². The van der Waals surface area contributed by atoms with Gasteiger partial charge >= 0.3 is 6.18 Å². The molecule has 4 N–H and O–H groups in total. The first-order valence-corrected chi connectivity index (χ1v) is 11.5. The van der Waals surface area contributed by atoms with Gasteiger partial charge in [0.25, 0.3) is 11.5 Å². The van der Waals surface area contributed by atoms with Crippen LogP contribution in [0.25, 0.3) is 0 Å². The molecular formula is C23H26F5N5O4. The van der Waals surface area contributed by atoms with Crippen molar-refractivity contribution in [2.75, 3.05) is 20.2 Å². The number of hydrogen-bond donors (Lipinski definition) is 3. The van der Waals surface area contributed by atoms with Crippen molar-refractivity contribution in [1.29, 1.82) is 0 Å². The van der Waals surface area contributed by atoms with Crippen LogP contribution in [0.3, 0.4) is 0 Å². The normalized spacial score (nSPS) is 23.7. The number of hydrogen-bond acceptors (Lipinski definition) is 7. The van der Waals surface area contributed by atoms with Crippen LogP contribution in [-0.2, 0) is 15.1 Å². The first-order valence-electron chi connectivity index (χ1n) is 11.5. The van der Waals surface area contributed by atoms with Crippen LogP contribution in [0.15, 0.2) is 35.4 Å². The van der Waals surface area contributed by atoms with Crippen LogP contribution >= 0.6 is 0 Å². The van der Waals surface area contributed by atoms with E-state index in [1.807, 2.05) is 4.98 Å². The van der Waals surface area contributed by atoms with Gasteiger partial charge in [0.2, 0.25) is 5.91 Å².